The first-order chi connectivity index (χ1) is 14.8. The van der Waals surface area contributed by atoms with Crippen molar-refractivity contribution in [2.24, 2.45) is 0 Å². The van der Waals surface area contributed by atoms with E-state index in [0.29, 0.717) is 51.0 Å². The summed E-state index contributed by atoms with van der Waals surface area (Å²) in [5.41, 5.74) is 1.28. The molecular formula is C22H20BrClN2O5. The minimum absolute atomic E-state index is 0.197. The molecule has 31 heavy (non-hydrogen) atoms. The predicted octanol–water partition coefficient (Wildman–Crippen LogP) is 4.87. The Balaban J connectivity index is 2.07. The van der Waals surface area contributed by atoms with Gasteiger partial charge in [-0.3, -0.25) is 14.9 Å². The van der Waals surface area contributed by atoms with Crippen LogP contribution in [0.4, 0.5) is 10.5 Å². The zero-order valence-electron chi connectivity index (χ0n) is 17.1. The number of barbiturate groups is 1. The van der Waals surface area contributed by atoms with Crippen molar-refractivity contribution in [1.29, 1.82) is 0 Å². The minimum Gasteiger partial charge on any atom is -0.490 e. The lowest BCUT2D eigenvalue weighted by atomic mass is 10.1. The Hall–Kier alpha value is -2.84. The number of anilines is 1. The van der Waals surface area contributed by atoms with Crippen LogP contribution in [0.25, 0.3) is 6.08 Å². The molecule has 2 aromatic rings. The summed E-state index contributed by atoms with van der Waals surface area (Å²) in [6, 6.07) is 7.38. The molecule has 0 aromatic heterocycles. The molecule has 1 aliphatic heterocycles. The van der Waals surface area contributed by atoms with Gasteiger partial charge in [0.1, 0.15) is 5.57 Å². The van der Waals surface area contributed by atoms with Crippen LogP contribution in [0.15, 0.2) is 40.4 Å². The molecule has 0 bridgehead atoms. The molecule has 9 heteroatoms. The van der Waals surface area contributed by atoms with Gasteiger partial charge >= 0.3 is 6.03 Å². The number of rotatable bonds is 6. The molecule has 1 aliphatic rings. The highest BCUT2D eigenvalue weighted by molar-refractivity contribution is 9.10. The van der Waals surface area contributed by atoms with Crippen LogP contribution in [0.5, 0.6) is 11.5 Å². The average molecular weight is 508 g/mol. The van der Waals surface area contributed by atoms with Crippen molar-refractivity contribution >= 4 is 57.1 Å². The first kappa shape index (κ1) is 22.8. The summed E-state index contributed by atoms with van der Waals surface area (Å²) >= 11 is 9.49. The lowest BCUT2D eigenvalue weighted by molar-refractivity contribution is -0.122. The summed E-state index contributed by atoms with van der Waals surface area (Å²) < 4.78 is 11.9. The van der Waals surface area contributed by atoms with Crippen LogP contribution < -0.4 is 19.7 Å². The third-order valence-corrected chi connectivity index (χ3v) is 5.27. The van der Waals surface area contributed by atoms with Crippen molar-refractivity contribution in [3.63, 3.8) is 0 Å². The van der Waals surface area contributed by atoms with E-state index in [2.05, 4.69) is 21.2 Å². The van der Waals surface area contributed by atoms with E-state index in [1.54, 1.807) is 31.2 Å². The summed E-state index contributed by atoms with van der Waals surface area (Å²) in [7, 11) is 0. The number of halogens is 2. The van der Waals surface area contributed by atoms with E-state index in [1.165, 1.54) is 12.1 Å². The molecule has 2 aromatic carbocycles. The van der Waals surface area contributed by atoms with Gasteiger partial charge in [0.05, 0.1) is 23.4 Å². The number of nitrogens with one attached hydrogen (secondary N) is 1. The monoisotopic (exact) mass is 506 g/mol. The predicted molar refractivity (Wildman–Crippen MR) is 122 cm³/mol. The normalized spacial score (nSPS) is 15.3. The molecule has 3 rings (SSSR count). The molecule has 0 aliphatic carbocycles. The van der Waals surface area contributed by atoms with E-state index in [1.807, 2.05) is 13.8 Å². The fourth-order valence-electron chi connectivity index (χ4n) is 3.08. The molecule has 0 atom stereocenters. The van der Waals surface area contributed by atoms with Crippen LogP contribution in [-0.2, 0) is 9.59 Å². The van der Waals surface area contributed by atoms with Crippen molar-refractivity contribution in [2.75, 3.05) is 18.1 Å². The van der Waals surface area contributed by atoms with E-state index in [9.17, 15) is 14.4 Å². The van der Waals surface area contributed by atoms with Crippen molar-refractivity contribution < 1.29 is 23.9 Å². The maximum Gasteiger partial charge on any atom is 0.335 e. The standard InChI is InChI=1S/C22H20BrClN2O5/c1-4-30-18-10-13(9-16(23)19(18)31-5-2)8-15-20(27)25-22(29)26(21(15)28)17-11-14(24)7-6-12(17)3/h6-11H,4-5H2,1-3H3,(H,25,27,29)/b15-8+. The molecular weight excluding hydrogens is 488 g/mol. The second-order valence-corrected chi connectivity index (χ2v) is 7.88. The number of nitrogens with zero attached hydrogens (tertiary/aromatic N) is 1. The lowest BCUT2D eigenvalue weighted by Gasteiger charge is -2.27. The topological polar surface area (TPSA) is 84.9 Å². The van der Waals surface area contributed by atoms with Gasteiger partial charge in [0, 0.05) is 5.02 Å². The maximum atomic E-state index is 13.1. The largest absolute Gasteiger partial charge is 0.490 e. The Morgan fingerprint density at radius 3 is 2.48 bits per heavy atom. The van der Waals surface area contributed by atoms with Crippen LogP contribution in [-0.4, -0.2) is 31.1 Å². The van der Waals surface area contributed by atoms with E-state index in [0.717, 1.165) is 4.90 Å². The molecule has 4 amide bonds. The molecule has 0 saturated carbocycles. The highest BCUT2D eigenvalue weighted by atomic mass is 79.9. The van der Waals surface area contributed by atoms with E-state index in [4.69, 9.17) is 21.1 Å². The van der Waals surface area contributed by atoms with Gasteiger partial charge in [-0.15, -0.1) is 0 Å². The van der Waals surface area contributed by atoms with Gasteiger partial charge in [0.2, 0.25) is 0 Å². The number of hydrogen-bond acceptors (Lipinski definition) is 5. The number of hydrogen-bond donors (Lipinski definition) is 1. The smallest absolute Gasteiger partial charge is 0.335 e. The van der Waals surface area contributed by atoms with E-state index < -0.39 is 17.8 Å². The summed E-state index contributed by atoms with van der Waals surface area (Å²) in [4.78, 5) is 39.0. The number of carbonyl (C=O) groups is 3. The first-order valence-corrected chi connectivity index (χ1v) is 10.7. The Kier molecular flexibility index (Phi) is 7.02. The van der Waals surface area contributed by atoms with Gasteiger partial charge in [-0.05, 0) is 78.2 Å². The molecule has 1 heterocycles. The number of amides is 4. The zero-order valence-corrected chi connectivity index (χ0v) is 19.5. The Bertz CT molecular complexity index is 1100. The Morgan fingerprint density at radius 2 is 1.81 bits per heavy atom. The van der Waals surface area contributed by atoms with Gasteiger partial charge in [-0.1, -0.05) is 17.7 Å². The lowest BCUT2D eigenvalue weighted by Crippen LogP contribution is -2.54. The van der Waals surface area contributed by atoms with Crippen LogP contribution in [0, 0.1) is 6.92 Å². The number of urea groups is 1. The number of benzene rings is 2. The van der Waals surface area contributed by atoms with Crippen molar-refractivity contribution in [1.82, 2.24) is 5.32 Å². The minimum atomic E-state index is -0.833. The third-order valence-electron chi connectivity index (χ3n) is 4.45. The molecule has 0 unspecified atom stereocenters. The van der Waals surface area contributed by atoms with Crippen LogP contribution >= 0.6 is 27.5 Å². The molecule has 0 spiro atoms. The number of aryl methyl sites for hydroxylation is 1. The number of ether oxygens (including phenoxy) is 2. The second-order valence-electron chi connectivity index (χ2n) is 6.58. The van der Waals surface area contributed by atoms with Crippen LogP contribution in [0.3, 0.4) is 0 Å². The zero-order chi connectivity index (χ0) is 22.7. The summed E-state index contributed by atoms with van der Waals surface area (Å²) in [5, 5.41) is 2.57. The first-order valence-electron chi connectivity index (χ1n) is 9.53. The summed E-state index contributed by atoms with van der Waals surface area (Å²) in [6.45, 7) is 6.28. The SMILES string of the molecule is CCOc1cc(/C=C2\C(=O)NC(=O)N(c3cc(Cl)ccc3C)C2=O)cc(Br)c1OCC. The molecule has 1 saturated heterocycles. The molecule has 1 N–H and O–H groups in total. The number of carbonyl (C=O) groups excluding carboxylic acids is 3. The van der Waals surface area contributed by atoms with E-state index >= 15 is 0 Å². The van der Waals surface area contributed by atoms with Crippen molar-refractivity contribution in [3.05, 3.63) is 56.5 Å². The summed E-state index contributed by atoms with van der Waals surface area (Å²) in [5.74, 6) is -0.541. The van der Waals surface area contributed by atoms with Gasteiger partial charge < -0.3 is 9.47 Å². The van der Waals surface area contributed by atoms with Gasteiger partial charge in [0.15, 0.2) is 11.5 Å². The quantitative estimate of drug-likeness (QED) is 0.445. The van der Waals surface area contributed by atoms with Crippen molar-refractivity contribution in [2.45, 2.75) is 20.8 Å². The highest BCUT2D eigenvalue weighted by Gasteiger charge is 2.37. The second kappa shape index (κ2) is 9.53. The summed E-state index contributed by atoms with van der Waals surface area (Å²) in [6.07, 6.45) is 1.40. The van der Waals surface area contributed by atoms with E-state index in [-0.39, 0.29) is 5.57 Å². The fraction of sp³-hybridized carbons (Fsp3) is 0.227. The molecule has 162 valence electrons. The molecule has 0 radical (unpaired) electrons. The van der Waals surface area contributed by atoms with Gasteiger partial charge in [0.25, 0.3) is 11.8 Å². The third kappa shape index (κ3) is 4.75. The Morgan fingerprint density at radius 1 is 1.10 bits per heavy atom. The fourth-order valence-corrected chi connectivity index (χ4v) is 3.83. The number of imide groups is 2. The molecule has 7 nitrogen and oxygen atoms in total. The van der Waals surface area contributed by atoms with Gasteiger partial charge in [-0.2, -0.15) is 0 Å². The van der Waals surface area contributed by atoms with Crippen LogP contribution in [0.1, 0.15) is 25.0 Å². The van der Waals surface area contributed by atoms with Crippen molar-refractivity contribution in [3.8, 4) is 11.5 Å². The van der Waals surface area contributed by atoms with Crippen LogP contribution in [0.2, 0.25) is 5.02 Å². The Labute approximate surface area is 193 Å². The molecule has 1 fully saturated rings. The average Bonchev–Trinajstić information content (AvgIpc) is 2.70. The van der Waals surface area contributed by atoms with Gasteiger partial charge in [-0.25, -0.2) is 9.69 Å². The highest BCUT2D eigenvalue weighted by Crippen LogP contribution is 2.38. The maximum absolute atomic E-state index is 13.1.